The van der Waals surface area contributed by atoms with Crippen molar-refractivity contribution in [3.8, 4) is 0 Å². The van der Waals surface area contributed by atoms with Crippen LogP contribution in [0.15, 0.2) is 11.6 Å². The molecule has 1 aliphatic carbocycles. The van der Waals surface area contributed by atoms with Crippen LogP contribution in [0.2, 0.25) is 0 Å². The minimum absolute atomic E-state index is 0.191. The Hall–Kier alpha value is -0.920. The minimum Gasteiger partial charge on any atom is -0.300 e. The van der Waals surface area contributed by atoms with Gasteiger partial charge in [0.05, 0.1) is 0 Å². The van der Waals surface area contributed by atoms with Crippen LogP contribution in [0, 0.1) is 5.92 Å². The molecule has 2 nitrogen and oxygen atoms in total. The smallest absolute Gasteiger partial charge is 0.158 e. The normalized spacial score (nSPS) is 23.7. The zero-order valence-corrected chi connectivity index (χ0v) is 9.71. The van der Waals surface area contributed by atoms with Crippen LogP contribution in [0.4, 0.5) is 0 Å². The monoisotopic (exact) mass is 208 g/mol. The highest BCUT2D eigenvalue weighted by Gasteiger charge is 2.28. The van der Waals surface area contributed by atoms with E-state index in [-0.39, 0.29) is 17.5 Å². The number of rotatable bonds is 5. The van der Waals surface area contributed by atoms with E-state index in [0.717, 1.165) is 31.3 Å². The summed E-state index contributed by atoms with van der Waals surface area (Å²) in [6, 6.07) is 0. The molecule has 0 spiro atoms. The van der Waals surface area contributed by atoms with E-state index in [2.05, 4.69) is 13.0 Å². The van der Waals surface area contributed by atoms with E-state index in [1.807, 2.05) is 0 Å². The Labute approximate surface area is 91.7 Å². The minimum atomic E-state index is 0.191. The van der Waals surface area contributed by atoms with Gasteiger partial charge in [-0.1, -0.05) is 25.8 Å². The third kappa shape index (κ3) is 3.61. The van der Waals surface area contributed by atoms with Crippen molar-refractivity contribution in [1.29, 1.82) is 0 Å². The Bertz CT molecular complexity index is 276. The molecule has 1 atom stereocenters. The lowest BCUT2D eigenvalue weighted by molar-refractivity contribution is -0.117. The van der Waals surface area contributed by atoms with Crippen LogP contribution in [-0.4, -0.2) is 11.6 Å². The Balaban J connectivity index is 2.59. The highest BCUT2D eigenvalue weighted by atomic mass is 16.1. The van der Waals surface area contributed by atoms with Gasteiger partial charge in [0.25, 0.3) is 0 Å². The standard InChI is InChI=1S/C13H20O2/c1-3-4-5-6-12-11(9-10(2)14)7-8-13(12)15/h6,11H,3-5,7-9H2,1-2H3/b12-6+. The molecule has 1 saturated carbocycles. The predicted molar refractivity (Wildman–Crippen MR) is 60.6 cm³/mol. The number of hydrogen-bond donors (Lipinski definition) is 0. The van der Waals surface area contributed by atoms with Crippen LogP contribution < -0.4 is 0 Å². The Kier molecular flexibility index (Phi) is 4.73. The van der Waals surface area contributed by atoms with Gasteiger partial charge in [-0.25, -0.2) is 0 Å². The van der Waals surface area contributed by atoms with Gasteiger partial charge in [-0.15, -0.1) is 0 Å². The van der Waals surface area contributed by atoms with Gasteiger partial charge in [0.15, 0.2) is 5.78 Å². The van der Waals surface area contributed by atoms with Crippen LogP contribution in [0.1, 0.15) is 52.4 Å². The predicted octanol–water partition coefficient (Wildman–Crippen LogP) is 3.06. The van der Waals surface area contributed by atoms with Crippen LogP contribution in [0.5, 0.6) is 0 Å². The molecule has 1 unspecified atom stereocenters. The maximum absolute atomic E-state index is 11.6. The first-order chi connectivity index (χ1) is 7.15. The first kappa shape index (κ1) is 12.2. The molecular weight excluding hydrogens is 188 g/mol. The molecule has 0 aromatic heterocycles. The van der Waals surface area contributed by atoms with E-state index in [4.69, 9.17) is 0 Å². The number of allylic oxidation sites excluding steroid dienone is 2. The fourth-order valence-corrected chi connectivity index (χ4v) is 2.13. The average Bonchev–Trinajstić information content (AvgIpc) is 2.49. The molecule has 0 bridgehead atoms. The zero-order valence-electron chi connectivity index (χ0n) is 9.71. The molecule has 0 aromatic rings. The second-order valence-corrected chi connectivity index (χ2v) is 4.37. The first-order valence-corrected chi connectivity index (χ1v) is 5.87. The summed E-state index contributed by atoms with van der Waals surface area (Å²) in [5, 5.41) is 0. The van der Waals surface area contributed by atoms with Gasteiger partial charge < -0.3 is 4.79 Å². The van der Waals surface area contributed by atoms with E-state index < -0.39 is 0 Å². The summed E-state index contributed by atoms with van der Waals surface area (Å²) in [6.07, 6.45) is 7.37. The molecule has 1 fully saturated rings. The molecule has 0 radical (unpaired) electrons. The number of ketones is 2. The van der Waals surface area contributed by atoms with Gasteiger partial charge in [-0.05, 0) is 31.3 Å². The lowest BCUT2D eigenvalue weighted by Crippen LogP contribution is -2.06. The number of unbranched alkanes of at least 4 members (excludes halogenated alkanes) is 2. The van der Waals surface area contributed by atoms with Gasteiger partial charge in [-0.3, -0.25) is 4.79 Å². The molecule has 0 aromatic carbocycles. The van der Waals surface area contributed by atoms with Gasteiger partial charge in [0, 0.05) is 12.8 Å². The van der Waals surface area contributed by atoms with Crippen molar-refractivity contribution < 1.29 is 9.59 Å². The van der Waals surface area contributed by atoms with E-state index in [1.165, 1.54) is 0 Å². The van der Waals surface area contributed by atoms with Gasteiger partial charge in [-0.2, -0.15) is 0 Å². The Morgan fingerprint density at radius 3 is 2.87 bits per heavy atom. The zero-order chi connectivity index (χ0) is 11.3. The quantitative estimate of drug-likeness (QED) is 0.514. The molecule has 2 heteroatoms. The van der Waals surface area contributed by atoms with Crippen molar-refractivity contribution in [3.05, 3.63) is 11.6 Å². The second kappa shape index (κ2) is 5.84. The van der Waals surface area contributed by atoms with Crippen LogP contribution >= 0.6 is 0 Å². The molecule has 15 heavy (non-hydrogen) atoms. The maximum atomic E-state index is 11.6. The second-order valence-electron chi connectivity index (χ2n) is 4.37. The molecule has 0 heterocycles. The van der Waals surface area contributed by atoms with E-state index in [9.17, 15) is 9.59 Å². The van der Waals surface area contributed by atoms with Gasteiger partial charge >= 0.3 is 0 Å². The number of carbonyl (C=O) groups excluding carboxylic acids is 2. The Morgan fingerprint density at radius 1 is 1.53 bits per heavy atom. The van der Waals surface area contributed by atoms with Crippen molar-refractivity contribution in [3.63, 3.8) is 0 Å². The summed E-state index contributed by atoms with van der Waals surface area (Å²) in [7, 11) is 0. The first-order valence-electron chi connectivity index (χ1n) is 5.87. The van der Waals surface area contributed by atoms with Crippen molar-refractivity contribution in [2.45, 2.75) is 52.4 Å². The lowest BCUT2D eigenvalue weighted by Gasteiger charge is -2.08. The van der Waals surface area contributed by atoms with Crippen molar-refractivity contribution in [1.82, 2.24) is 0 Å². The summed E-state index contributed by atoms with van der Waals surface area (Å²) in [5.74, 6) is 0.667. The van der Waals surface area contributed by atoms with Crippen LogP contribution in [-0.2, 0) is 9.59 Å². The summed E-state index contributed by atoms with van der Waals surface area (Å²) in [5.41, 5.74) is 0.929. The van der Waals surface area contributed by atoms with Crippen molar-refractivity contribution >= 4 is 11.6 Å². The SMILES string of the molecule is CCCC/C=C1/C(=O)CCC1CC(C)=O. The molecule has 84 valence electrons. The summed E-state index contributed by atoms with van der Waals surface area (Å²) in [6.45, 7) is 3.74. The van der Waals surface area contributed by atoms with E-state index >= 15 is 0 Å². The highest BCUT2D eigenvalue weighted by molar-refractivity contribution is 5.98. The third-order valence-corrected chi connectivity index (χ3v) is 2.94. The largest absolute Gasteiger partial charge is 0.300 e. The summed E-state index contributed by atoms with van der Waals surface area (Å²) >= 11 is 0. The molecule has 0 saturated heterocycles. The lowest BCUT2D eigenvalue weighted by atomic mass is 9.95. The molecular formula is C13H20O2. The number of Topliss-reactive ketones (excluding diaryl/α,β-unsaturated/α-hetero) is 2. The average molecular weight is 208 g/mol. The van der Waals surface area contributed by atoms with Gasteiger partial charge in [0.1, 0.15) is 5.78 Å². The van der Waals surface area contributed by atoms with E-state index in [0.29, 0.717) is 12.8 Å². The van der Waals surface area contributed by atoms with Crippen molar-refractivity contribution in [2.75, 3.05) is 0 Å². The Morgan fingerprint density at radius 2 is 2.27 bits per heavy atom. The molecule has 0 amide bonds. The van der Waals surface area contributed by atoms with Gasteiger partial charge in [0.2, 0.25) is 0 Å². The fourth-order valence-electron chi connectivity index (χ4n) is 2.13. The molecule has 1 aliphatic rings. The van der Waals surface area contributed by atoms with E-state index in [1.54, 1.807) is 6.92 Å². The van der Waals surface area contributed by atoms with Crippen LogP contribution in [0.25, 0.3) is 0 Å². The third-order valence-electron chi connectivity index (χ3n) is 2.94. The fraction of sp³-hybridized carbons (Fsp3) is 0.692. The molecule has 0 N–H and O–H groups in total. The maximum Gasteiger partial charge on any atom is 0.158 e. The molecule has 1 rings (SSSR count). The topological polar surface area (TPSA) is 34.1 Å². The highest BCUT2D eigenvalue weighted by Crippen LogP contribution is 2.31. The molecule has 0 aliphatic heterocycles. The van der Waals surface area contributed by atoms with Crippen LogP contribution in [0.3, 0.4) is 0 Å². The summed E-state index contributed by atoms with van der Waals surface area (Å²) in [4.78, 5) is 22.6. The number of hydrogen-bond acceptors (Lipinski definition) is 2. The summed E-state index contributed by atoms with van der Waals surface area (Å²) < 4.78 is 0. The number of carbonyl (C=O) groups is 2. The van der Waals surface area contributed by atoms with Crippen molar-refractivity contribution in [2.24, 2.45) is 5.92 Å².